The summed E-state index contributed by atoms with van der Waals surface area (Å²) in [7, 11) is 0. The Bertz CT molecular complexity index is 842. The highest BCUT2D eigenvalue weighted by Crippen LogP contribution is 2.37. The van der Waals surface area contributed by atoms with Crippen LogP contribution >= 0.6 is 0 Å². The highest BCUT2D eigenvalue weighted by atomic mass is 19.1. The molecule has 2 aliphatic rings. The molecule has 2 atom stereocenters. The van der Waals surface area contributed by atoms with Crippen molar-refractivity contribution in [3.63, 3.8) is 0 Å². The van der Waals surface area contributed by atoms with Gasteiger partial charge >= 0.3 is 0 Å². The minimum atomic E-state index is -0.226. The number of hydrogen-bond acceptors (Lipinski definition) is 5. The maximum Gasteiger partial charge on any atom is 0.164 e. The van der Waals surface area contributed by atoms with E-state index in [0.717, 1.165) is 43.0 Å². The first-order chi connectivity index (χ1) is 13.0. The highest BCUT2D eigenvalue weighted by Gasteiger charge is 2.30. The van der Waals surface area contributed by atoms with Gasteiger partial charge in [0, 0.05) is 30.4 Å². The molecule has 1 saturated heterocycles. The Morgan fingerprint density at radius 2 is 1.96 bits per heavy atom. The molecule has 0 N–H and O–H groups in total. The summed E-state index contributed by atoms with van der Waals surface area (Å²) in [6, 6.07) is 3.26. The van der Waals surface area contributed by atoms with Crippen molar-refractivity contribution < 1.29 is 13.9 Å². The van der Waals surface area contributed by atoms with E-state index in [2.05, 4.69) is 21.8 Å². The molecule has 0 amide bonds. The Labute approximate surface area is 159 Å². The van der Waals surface area contributed by atoms with E-state index in [1.54, 1.807) is 6.07 Å². The molecule has 0 bridgehead atoms. The number of benzene rings is 1. The van der Waals surface area contributed by atoms with E-state index >= 15 is 0 Å². The van der Waals surface area contributed by atoms with Gasteiger partial charge < -0.3 is 9.47 Å². The number of rotatable bonds is 4. The van der Waals surface area contributed by atoms with Gasteiger partial charge in [-0.05, 0) is 52.1 Å². The van der Waals surface area contributed by atoms with Crippen molar-refractivity contribution in [2.24, 2.45) is 5.92 Å². The summed E-state index contributed by atoms with van der Waals surface area (Å²) >= 11 is 0. The molecule has 2 aliphatic heterocycles. The van der Waals surface area contributed by atoms with Crippen molar-refractivity contribution in [1.29, 1.82) is 0 Å². The third-order valence-electron chi connectivity index (χ3n) is 5.63. The second kappa shape index (κ2) is 7.43. The van der Waals surface area contributed by atoms with Gasteiger partial charge in [0.2, 0.25) is 0 Å². The maximum absolute atomic E-state index is 14.6. The SMILES string of the molecule is Cc1cnc(C[C@H]2CCN([C@H](C)c3cc4c(cc3F)OCCO4)C2)c(C)n1. The Balaban J connectivity index is 1.45. The monoisotopic (exact) mass is 371 g/mol. The van der Waals surface area contributed by atoms with Crippen LogP contribution < -0.4 is 9.47 Å². The van der Waals surface area contributed by atoms with Crippen molar-refractivity contribution >= 4 is 0 Å². The summed E-state index contributed by atoms with van der Waals surface area (Å²) in [5.41, 5.74) is 3.71. The highest BCUT2D eigenvalue weighted by molar-refractivity contribution is 5.45. The lowest BCUT2D eigenvalue weighted by Crippen LogP contribution is -2.26. The van der Waals surface area contributed by atoms with Crippen LogP contribution in [0.2, 0.25) is 0 Å². The van der Waals surface area contributed by atoms with Gasteiger partial charge in [0.05, 0.1) is 17.1 Å². The van der Waals surface area contributed by atoms with Gasteiger partial charge in [0.15, 0.2) is 11.5 Å². The van der Waals surface area contributed by atoms with Crippen molar-refractivity contribution in [2.75, 3.05) is 26.3 Å². The lowest BCUT2D eigenvalue weighted by atomic mass is 10.0. The van der Waals surface area contributed by atoms with Gasteiger partial charge in [-0.2, -0.15) is 0 Å². The molecule has 0 aliphatic carbocycles. The lowest BCUT2D eigenvalue weighted by molar-refractivity contribution is 0.169. The third-order valence-corrected chi connectivity index (χ3v) is 5.63. The number of likely N-dealkylation sites (tertiary alicyclic amines) is 1. The fraction of sp³-hybridized carbons (Fsp3) is 0.524. The first-order valence-corrected chi connectivity index (χ1v) is 9.63. The predicted molar refractivity (Wildman–Crippen MR) is 101 cm³/mol. The van der Waals surface area contributed by atoms with Crippen LogP contribution in [0.25, 0.3) is 0 Å². The number of halogens is 1. The number of aromatic nitrogens is 2. The van der Waals surface area contributed by atoms with E-state index < -0.39 is 0 Å². The molecule has 3 heterocycles. The van der Waals surface area contributed by atoms with Gasteiger partial charge in [-0.1, -0.05) is 0 Å². The molecule has 6 heteroatoms. The molecular formula is C21H26FN3O2. The Hall–Kier alpha value is -2.21. The summed E-state index contributed by atoms with van der Waals surface area (Å²) < 4.78 is 25.7. The van der Waals surface area contributed by atoms with Crippen LogP contribution in [0.15, 0.2) is 18.3 Å². The van der Waals surface area contributed by atoms with Gasteiger partial charge in [-0.25, -0.2) is 4.39 Å². The Kier molecular flexibility index (Phi) is 5.00. The van der Waals surface area contributed by atoms with Crippen LogP contribution in [0.1, 0.15) is 42.0 Å². The minimum Gasteiger partial charge on any atom is -0.486 e. The quantitative estimate of drug-likeness (QED) is 0.821. The number of fused-ring (bicyclic) bond motifs is 1. The van der Waals surface area contributed by atoms with Crippen molar-refractivity contribution in [3.8, 4) is 11.5 Å². The van der Waals surface area contributed by atoms with E-state index in [9.17, 15) is 4.39 Å². The zero-order chi connectivity index (χ0) is 19.0. The van der Waals surface area contributed by atoms with Crippen molar-refractivity contribution in [3.05, 3.63) is 46.8 Å². The molecule has 1 aromatic heterocycles. The second-order valence-corrected chi connectivity index (χ2v) is 7.59. The molecule has 27 heavy (non-hydrogen) atoms. The molecule has 0 radical (unpaired) electrons. The van der Waals surface area contributed by atoms with E-state index in [4.69, 9.17) is 9.47 Å². The summed E-state index contributed by atoms with van der Waals surface area (Å²) in [5, 5.41) is 0. The van der Waals surface area contributed by atoms with Gasteiger partial charge in [0.25, 0.3) is 0 Å². The molecule has 0 unspecified atom stereocenters. The number of hydrogen-bond donors (Lipinski definition) is 0. The summed E-state index contributed by atoms with van der Waals surface area (Å²) in [5.74, 6) is 1.44. The fourth-order valence-electron chi connectivity index (χ4n) is 4.07. The summed E-state index contributed by atoms with van der Waals surface area (Å²) in [4.78, 5) is 11.4. The molecular weight excluding hydrogens is 345 g/mol. The third kappa shape index (κ3) is 3.76. The largest absolute Gasteiger partial charge is 0.486 e. The fourth-order valence-corrected chi connectivity index (χ4v) is 4.07. The zero-order valence-electron chi connectivity index (χ0n) is 16.2. The Morgan fingerprint density at radius 3 is 2.70 bits per heavy atom. The van der Waals surface area contributed by atoms with Gasteiger partial charge in [-0.3, -0.25) is 14.9 Å². The van der Waals surface area contributed by atoms with Crippen LogP contribution in [0, 0.1) is 25.6 Å². The normalized spacial score (nSPS) is 20.7. The Morgan fingerprint density at radius 1 is 1.22 bits per heavy atom. The van der Waals surface area contributed by atoms with E-state index in [-0.39, 0.29) is 11.9 Å². The number of aryl methyl sites for hydroxylation is 2. The van der Waals surface area contributed by atoms with E-state index in [1.807, 2.05) is 20.0 Å². The molecule has 2 aromatic rings. The minimum absolute atomic E-state index is 0.00368. The van der Waals surface area contributed by atoms with Crippen molar-refractivity contribution in [2.45, 2.75) is 39.7 Å². The van der Waals surface area contributed by atoms with Crippen LogP contribution in [0.5, 0.6) is 11.5 Å². The summed E-state index contributed by atoms with van der Waals surface area (Å²) in [6.07, 6.45) is 3.85. The average molecular weight is 371 g/mol. The van der Waals surface area contributed by atoms with Crippen molar-refractivity contribution in [1.82, 2.24) is 14.9 Å². The predicted octanol–water partition coefficient (Wildman–Crippen LogP) is 3.63. The van der Waals surface area contributed by atoms with Gasteiger partial charge in [-0.15, -0.1) is 0 Å². The molecule has 1 aromatic carbocycles. The average Bonchev–Trinajstić information content (AvgIpc) is 3.11. The smallest absolute Gasteiger partial charge is 0.164 e. The molecule has 144 valence electrons. The molecule has 0 spiro atoms. The first kappa shape index (κ1) is 18.2. The topological polar surface area (TPSA) is 47.5 Å². The van der Waals surface area contributed by atoms with Crippen LogP contribution in [-0.4, -0.2) is 41.2 Å². The molecule has 0 saturated carbocycles. The zero-order valence-corrected chi connectivity index (χ0v) is 16.2. The van der Waals surface area contributed by atoms with E-state index in [1.165, 1.54) is 6.07 Å². The molecule has 1 fully saturated rings. The molecule has 4 rings (SSSR count). The van der Waals surface area contributed by atoms with Gasteiger partial charge in [0.1, 0.15) is 19.0 Å². The molecule has 5 nitrogen and oxygen atoms in total. The maximum atomic E-state index is 14.6. The van der Waals surface area contributed by atoms with Crippen LogP contribution in [0.3, 0.4) is 0 Å². The summed E-state index contributed by atoms with van der Waals surface area (Å²) in [6.45, 7) is 8.92. The number of ether oxygens (including phenoxy) is 2. The number of nitrogens with zero attached hydrogens (tertiary/aromatic N) is 3. The second-order valence-electron chi connectivity index (χ2n) is 7.59. The first-order valence-electron chi connectivity index (χ1n) is 9.63. The lowest BCUT2D eigenvalue weighted by Gasteiger charge is -2.27. The van der Waals surface area contributed by atoms with Crippen LogP contribution in [-0.2, 0) is 6.42 Å². The van der Waals surface area contributed by atoms with Crippen LogP contribution in [0.4, 0.5) is 4.39 Å². The standard InChI is InChI=1S/C21H26FN3O2/c1-13-11-23-19(14(2)24-13)8-16-4-5-25(12-16)15(3)17-9-20-21(10-18(17)22)27-7-6-26-20/h9-11,15-16H,4-8,12H2,1-3H3/t15-,16-/m1/s1. The van der Waals surface area contributed by atoms with E-state index in [0.29, 0.717) is 36.2 Å².